The number of nitriles is 1. The topological polar surface area (TPSA) is 94.9 Å². The Balaban J connectivity index is 1.71. The Morgan fingerprint density at radius 2 is 1.59 bits per heavy atom. The van der Waals surface area contributed by atoms with Gasteiger partial charge in [-0.15, -0.1) is 0 Å². The van der Waals surface area contributed by atoms with E-state index in [1.165, 1.54) is 6.92 Å². The van der Waals surface area contributed by atoms with Crippen molar-refractivity contribution in [2.45, 2.75) is 6.92 Å². The molecule has 27 heavy (non-hydrogen) atoms. The summed E-state index contributed by atoms with van der Waals surface area (Å²) in [6, 6.07) is 19.0. The van der Waals surface area contributed by atoms with E-state index in [2.05, 4.69) is 21.7 Å². The Hall–Kier alpha value is -3.98. The number of carbonyl (C=O) groups is 2. The summed E-state index contributed by atoms with van der Waals surface area (Å²) in [5, 5.41) is 14.7. The number of ketones is 1. The van der Waals surface area contributed by atoms with Gasteiger partial charge in [0.2, 0.25) is 0 Å². The molecule has 0 atom stereocenters. The van der Waals surface area contributed by atoms with Crippen LogP contribution in [0.4, 0.5) is 17.2 Å². The molecule has 3 aromatic rings. The fourth-order valence-electron chi connectivity index (χ4n) is 2.41. The lowest BCUT2D eigenvalue weighted by Crippen LogP contribution is -2.12. The van der Waals surface area contributed by atoms with Gasteiger partial charge in [0, 0.05) is 28.7 Å². The lowest BCUT2D eigenvalue weighted by atomic mass is 10.1. The molecule has 0 fully saturated rings. The van der Waals surface area contributed by atoms with Gasteiger partial charge in [-0.1, -0.05) is 0 Å². The second-order valence-electron chi connectivity index (χ2n) is 5.83. The SMILES string of the molecule is CC(=O)c1ccc(NC(=O)c2ccnc(Nc3ccc(C#N)cc3)c2)cc1. The first kappa shape index (κ1) is 17.8. The van der Waals surface area contributed by atoms with Gasteiger partial charge < -0.3 is 10.6 Å². The number of nitrogens with one attached hydrogen (secondary N) is 2. The molecule has 0 radical (unpaired) electrons. The molecule has 1 aromatic heterocycles. The highest BCUT2D eigenvalue weighted by molar-refractivity contribution is 6.05. The van der Waals surface area contributed by atoms with Crippen molar-refractivity contribution in [1.82, 2.24) is 4.98 Å². The zero-order valence-electron chi connectivity index (χ0n) is 14.6. The van der Waals surface area contributed by atoms with Crippen LogP contribution in [0.25, 0.3) is 0 Å². The molecule has 0 aliphatic heterocycles. The highest BCUT2D eigenvalue weighted by Gasteiger charge is 2.08. The fraction of sp³-hybridized carbons (Fsp3) is 0.0476. The number of carbonyl (C=O) groups excluding carboxylic acids is 2. The summed E-state index contributed by atoms with van der Waals surface area (Å²) < 4.78 is 0. The summed E-state index contributed by atoms with van der Waals surface area (Å²) in [5.74, 6) is 0.204. The molecule has 6 nitrogen and oxygen atoms in total. The van der Waals surface area contributed by atoms with Gasteiger partial charge in [0.15, 0.2) is 5.78 Å². The van der Waals surface area contributed by atoms with E-state index in [1.54, 1.807) is 66.9 Å². The number of hydrogen-bond acceptors (Lipinski definition) is 5. The van der Waals surface area contributed by atoms with Crippen LogP contribution in [0.15, 0.2) is 66.9 Å². The predicted molar refractivity (Wildman–Crippen MR) is 103 cm³/mol. The van der Waals surface area contributed by atoms with Crippen molar-refractivity contribution in [2.24, 2.45) is 0 Å². The van der Waals surface area contributed by atoms with Gasteiger partial charge in [-0.2, -0.15) is 5.26 Å². The van der Waals surface area contributed by atoms with Gasteiger partial charge in [-0.3, -0.25) is 9.59 Å². The first-order valence-electron chi connectivity index (χ1n) is 8.21. The minimum atomic E-state index is -0.282. The largest absolute Gasteiger partial charge is 0.340 e. The lowest BCUT2D eigenvalue weighted by Gasteiger charge is -2.09. The smallest absolute Gasteiger partial charge is 0.255 e. The van der Waals surface area contributed by atoms with Crippen molar-refractivity contribution in [3.8, 4) is 6.07 Å². The minimum Gasteiger partial charge on any atom is -0.340 e. The molecule has 1 heterocycles. The number of benzene rings is 2. The van der Waals surface area contributed by atoms with Gasteiger partial charge in [-0.05, 0) is 67.6 Å². The first-order valence-corrected chi connectivity index (χ1v) is 8.21. The first-order chi connectivity index (χ1) is 13.0. The number of amides is 1. The minimum absolute atomic E-state index is 0.0273. The van der Waals surface area contributed by atoms with Crippen LogP contribution in [-0.4, -0.2) is 16.7 Å². The molecule has 3 rings (SSSR count). The molecule has 0 aliphatic rings. The van der Waals surface area contributed by atoms with Crippen molar-refractivity contribution in [2.75, 3.05) is 10.6 Å². The van der Waals surface area contributed by atoms with Crippen molar-refractivity contribution in [3.05, 3.63) is 83.6 Å². The molecule has 0 bridgehead atoms. The third-order valence-corrected chi connectivity index (χ3v) is 3.86. The molecule has 2 N–H and O–H groups in total. The molecule has 6 heteroatoms. The van der Waals surface area contributed by atoms with Gasteiger partial charge in [0.05, 0.1) is 11.6 Å². The molecule has 0 saturated carbocycles. The van der Waals surface area contributed by atoms with E-state index in [0.29, 0.717) is 28.2 Å². The number of hydrogen-bond donors (Lipinski definition) is 2. The number of pyridine rings is 1. The molecular formula is C21H16N4O2. The Morgan fingerprint density at radius 1 is 0.926 bits per heavy atom. The van der Waals surface area contributed by atoms with Crippen LogP contribution >= 0.6 is 0 Å². The van der Waals surface area contributed by atoms with E-state index >= 15 is 0 Å². The average Bonchev–Trinajstić information content (AvgIpc) is 2.69. The Labute approximate surface area is 156 Å². The van der Waals surface area contributed by atoms with Gasteiger partial charge in [0.25, 0.3) is 5.91 Å². The second kappa shape index (κ2) is 7.93. The van der Waals surface area contributed by atoms with E-state index < -0.39 is 0 Å². The van der Waals surface area contributed by atoms with E-state index in [-0.39, 0.29) is 11.7 Å². The maximum Gasteiger partial charge on any atom is 0.255 e. The fourth-order valence-corrected chi connectivity index (χ4v) is 2.41. The van der Waals surface area contributed by atoms with Crippen LogP contribution < -0.4 is 10.6 Å². The Bertz CT molecular complexity index is 1020. The van der Waals surface area contributed by atoms with E-state index in [9.17, 15) is 9.59 Å². The highest BCUT2D eigenvalue weighted by Crippen LogP contribution is 2.17. The number of anilines is 3. The number of nitrogens with zero attached hydrogens (tertiary/aromatic N) is 2. The summed E-state index contributed by atoms with van der Waals surface area (Å²) in [6.07, 6.45) is 1.54. The Kier molecular flexibility index (Phi) is 5.24. The molecule has 0 spiro atoms. The standard InChI is InChI=1S/C21H16N4O2/c1-14(26)16-4-8-19(9-5-16)25-21(27)17-10-11-23-20(12-17)24-18-6-2-15(13-22)3-7-18/h2-12H,1H3,(H,23,24)(H,25,27). The van der Waals surface area contributed by atoms with Crippen LogP contribution in [0.2, 0.25) is 0 Å². The number of Topliss-reactive ketones (excluding diaryl/α,β-unsaturated/α-hetero) is 1. The number of aromatic nitrogens is 1. The normalized spacial score (nSPS) is 9.93. The van der Waals surface area contributed by atoms with Crippen molar-refractivity contribution >= 4 is 28.9 Å². The maximum atomic E-state index is 12.5. The zero-order valence-corrected chi connectivity index (χ0v) is 14.6. The van der Waals surface area contributed by atoms with Gasteiger partial charge >= 0.3 is 0 Å². The lowest BCUT2D eigenvalue weighted by molar-refractivity contribution is 0.101. The molecule has 0 saturated heterocycles. The molecular weight excluding hydrogens is 340 g/mol. The van der Waals surface area contributed by atoms with E-state index in [0.717, 1.165) is 5.69 Å². The highest BCUT2D eigenvalue weighted by atomic mass is 16.1. The van der Waals surface area contributed by atoms with Gasteiger partial charge in [-0.25, -0.2) is 4.98 Å². The Morgan fingerprint density at radius 3 is 2.22 bits per heavy atom. The van der Waals surface area contributed by atoms with Crippen molar-refractivity contribution < 1.29 is 9.59 Å². The third kappa shape index (κ3) is 4.55. The summed E-state index contributed by atoms with van der Waals surface area (Å²) in [7, 11) is 0. The summed E-state index contributed by atoms with van der Waals surface area (Å²) in [4.78, 5) is 28.0. The van der Waals surface area contributed by atoms with Gasteiger partial charge in [0.1, 0.15) is 5.82 Å². The van der Waals surface area contributed by atoms with Crippen LogP contribution in [0.1, 0.15) is 33.2 Å². The third-order valence-electron chi connectivity index (χ3n) is 3.86. The quantitative estimate of drug-likeness (QED) is 0.670. The molecule has 132 valence electrons. The van der Waals surface area contributed by atoms with Crippen molar-refractivity contribution in [1.29, 1.82) is 5.26 Å². The summed E-state index contributed by atoms with van der Waals surface area (Å²) >= 11 is 0. The van der Waals surface area contributed by atoms with Crippen LogP contribution in [-0.2, 0) is 0 Å². The van der Waals surface area contributed by atoms with Crippen LogP contribution in [0, 0.1) is 11.3 Å². The molecule has 1 amide bonds. The van der Waals surface area contributed by atoms with Crippen LogP contribution in [0.5, 0.6) is 0 Å². The maximum absolute atomic E-state index is 12.5. The molecule has 0 aliphatic carbocycles. The monoisotopic (exact) mass is 356 g/mol. The van der Waals surface area contributed by atoms with Crippen LogP contribution in [0.3, 0.4) is 0 Å². The second-order valence-corrected chi connectivity index (χ2v) is 5.83. The zero-order chi connectivity index (χ0) is 19.2. The molecule has 2 aromatic carbocycles. The summed E-state index contributed by atoms with van der Waals surface area (Å²) in [6.45, 7) is 1.49. The predicted octanol–water partition coefficient (Wildman–Crippen LogP) is 4.15. The van der Waals surface area contributed by atoms with E-state index in [4.69, 9.17) is 5.26 Å². The van der Waals surface area contributed by atoms with E-state index in [1.807, 2.05) is 0 Å². The number of rotatable bonds is 5. The van der Waals surface area contributed by atoms with Crippen molar-refractivity contribution in [3.63, 3.8) is 0 Å². The molecule has 0 unspecified atom stereocenters. The average molecular weight is 356 g/mol. The summed E-state index contributed by atoms with van der Waals surface area (Å²) in [5.41, 5.74) is 2.96.